The summed E-state index contributed by atoms with van der Waals surface area (Å²) < 4.78 is 35.5. The van der Waals surface area contributed by atoms with Gasteiger partial charge < -0.3 is 54.6 Å². The Labute approximate surface area is 390 Å². The minimum atomic E-state index is -0.852. The molecule has 65 heavy (non-hydrogen) atoms. The van der Waals surface area contributed by atoms with Crippen molar-refractivity contribution in [2.75, 3.05) is 34.5 Å². The number of alkyl carbamates (subject to hydrolysis) is 2. The van der Waals surface area contributed by atoms with Crippen molar-refractivity contribution in [1.82, 2.24) is 10.6 Å². The monoisotopic (exact) mass is 933 g/mol. The maximum atomic E-state index is 11.9. The summed E-state index contributed by atoms with van der Waals surface area (Å²) >= 11 is 0. The summed E-state index contributed by atoms with van der Waals surface area (Å²) in [5.74, 6) is 0.292. The molecule has 17 heteroatoms. The van der Waals surface area contributed by atoms with Crippen molar-refractivity contribution >= 4 is 42.5 Å². The summed E-state index contributed by atoms with van der Waals surface area (Å²) in [5, 5.41) is 14.3. The van der Waals surface area contributed by atoms with Gasteiger partial charge in [0.15, 0.2) is 0 Å². The number of phenolic OH excluding ortho intramolecular Hbond substituents is 1. The van der Waals surface area contributed by atoms with Crippen LogP contribution < -0.4 is 25.8 Å². The van der Waals surface area contributed by atoms with E-state index in [9.17, 15) is 29.1 Å². The Kier molecular flexibility index (Phi) is 28.4. The summed E-state index contributed by atoms with van der Waals surface area (Å²) in [6, 6.07) is 19.2. The van der Waals surface area contributed by atoms with Crippen molar-refractivity contribution in [3.05, 3.63) is 89.5 Å². The first-order chi connectivity index (χ1) is 30.1. The van der Waals surface area contributed by atoms with Gasteiger partial charge in [0, 0.05) is 12.8 Å². The van der Waals surface area contributed by atoms with Crippen LogP contribution in [0.25, 0.3) is 0 Å². The van der Waals surface area contributed by atoms with E-state index >= 15 is 0 Å². The number of halogens is 1. The van der Waals surface area contributed by atoms with Gasteiger partial charge in [-0.05, 0) is 114 Å². The molecule has 5 N–H and O–H groups in total. The van der Waals surface area contributed by atoms with Gasteiger partial charge in [-0.3, -0.25) is 4.79 Å². The van der Waals surface area contributed by atoms with E-state index in [-0.39, 0.29) is 24.6 Å². The van der Waals surface area contributed by atoms with Crippen LogP contribution in [-0.2, 0) is 57.3 Å². The highest BCUT2D eigenvalue weighted by Crippen LogP contribution is 2.17. The number of methoxy groups -OCH3 is 3. The number of aromatic hydroxyl groups is 1. The predicted molar refractivity (Wildman–Crippen MR) is 250 cm³/mol. The molecule has 364 valence electrons. The zero-order chi connectivity index (χ0) is 48.3. The van der Waals surface area contributed by atoms with Crippen LogP contribution in [0.1, 0.15) is 97.8 Å². The summed E-state index contributed by atoms with van der Waals surface area (Å²) in [4.78, 5) is 58.5. The van der Waals surface area contributed by atoms with E-state index < -0.39 is 59.4 Å². The van der Waals surface area contributed by atoms with Gasteiger partial charge in [0.25, 0.3) is 0 Å². The molecule has 3 atom stereocenters. The molecule has 3 rings (SSSR count). The molecule has 16 nitrogen and oxygen atoms in total. The second-order valence-corrected chi connectivity index (χ2v) is 16.5. The Balaban J connectivity index is 0.000000951. The van der Waals surface area contributed by atoms with Crippen LogP contribution in [0.15, 0.2) is 72.8 Å². The number of nitrogens with one attached hydrogen (secondary N) is 2. The second kappa shape index (κ2) is 31.2. The molecule has 0 heterocycles. The molecule has 0 aliphatic carbocycles. The fraction of sp³-hybridized carbons (Fsp3) is 0.521. The van der Waals surface area contributed by atoms with Gasteiger partial charge in [-0.15, -0.1) is 12.4 Å². The number of nitrogens with two attached hydrogens (primary N) is 1. The van der Waals surface area contributed by atoms with E-state index in [1.54, 1.807) is 53.7 Å². The van der Waals surface area contributed by atoms with Gasteiger partial charge in [0.05, 0.1) is 34.5 Å². The van der Waals surface area contributed by atoms with Crippen molar-refractivity contribution in [2.45, 2.75) is 130 Å². The maximum Gasteiger partial charge on any atom is 0.408 e. The highest BCUT2D eigenvalue weighted by molar-refractivity contribution is 5.85. The van der Waals surface area contributed by atoms with Crippen LogP contribution in [0.4, 0.5) is 9.59 Å². The number of esters is 3. The number of amides is 2. The van der Waals surface area contributed by atoms with Crippen LogP contribution in [0.2, 0.25) is 0 Å². The standard InChI is InChI=1S/C19H29NO5.C15H21NO5.C14H21NO3.ClH/c1-6-7-12-24-15-10-8-14(9-11-15)13-16(17(21)23-5)20-18(22)25-19(2,3)4;1-15(2,3)21-14(19)16-12(13(18)20-4)9-10-5-7-11(17)8-6-10;1-3-4-9-18-12-7-5-11(6-8-12)10-13(15)14(16)17-2;/h8-11,16H,6-7,12-13H2,1-5H3,(H,20,22);5-8,12,17H,9H2,1-4H3,(H,16,19);5-8,13H,3-4,9-10,15H2,1-2H3;1H/t16-;12-;13-;/m000./s1. The number of hydrogen-bond donors (Lipinski definition) is 4. The molecule has 0 saturated carbocycles. The van der Waals surface area contributed by atoms with E-state index in [0.29, 0.717) is 19.4 Å². The summed E-state index contributed by atoms with van der Waals surface area (Å²) in [6.45, 7) is 16.1. The molecule has 2 amide bonds. The lowest BCUT2D eigenvalue weighted by Gasteiger charge is -2.22. The Morgan fingerprint density at radius 1 is 0.554 bits per heavy atom. The van der Waals surface area contributed by atoms with E-state index in [1.807, 2.05) is 48.5 Å². The van der Waals surface area contributed by atoms with Crippen LogP contribution in [0, 0.1) is 0 Å². The highest BCUT2D eigenvalue weighted by Gasteiger charge is 2.27. The average Bonchev–Trinajstić information content (AvgIpc) is 3.23. The lowest BCUT2D eigenvalue weighted by Crippen LogP contribution is -2.45. The third-order valence-electron chi connectivity index (χ3n) is 8.51. The van der Waals surface area contributed by atoms with Crippen molar-refractivity contribution in [1.29, 1.82) is 0 Å². The lowest BCUT2D eigenvalue weighted by molar-refractivity contribution is -0.143. The van der Waals surface area contributed by atoms with E-state index in [2.05, 4.69) is 34.0 Å². The third-order valence-corrected chi connectivity index (χ3v) is 8.51. The Morgan fingerprint density at radius 3 is 1.18 bits per heavy atom. The number of phenols is 1. The van der Waals surface area contributed by atoms with E-state index in [4.69, 9.17) is 29.4 Å². The predicted octanol–water partition coefficient (Wildman–Crippen LogP) is 7.81. The SMILES string of the molecule is CCCCOc1ccc(C[C@H](N)C(=O)OC)cc1.CCCCOc1ccc(C[C@H](NC(=O)OC(C)(C)C)C(=O)OC)cc1.COC(=O)[C@H](Cc1ccc(O)cc1)NC(=O)OC(C)(C)C.Cl. The Hall–Kier alpha value is -5.74. The molecular weight excluding hydrogens is 862 g/mol. The van der Waals surface area contributed by atoms with Crippen molar-refractivity contribution in [3.8, 4) is 17.2 Å². The Morgan fingerprint density at radius 2 is 0.877 bits per heavy atom. The number of rotatable bonds is 19. The second-order valence-electron chi connectivity index (χ2n) is 16.5. The average molecular weight is 935 g/mol. The number of benzene rings is 3. The number of carbonyl (C=O) groups excluding carboxylic acids is 5. The molecule has 0 radical (unpaired) electrons. The van der Waals surface area contributed by atoms with Crippen LogP contribution in [0.5, 0.6) is 17.2 Å². The fourth-order valence-electron chi connectivity index (χ4n) is 5.28. The Bertz CT molecular complexity index is 1830. The molecular formula is C48H72ClN3O13. The molecule has 0 saturated heterocycles. The van der Waals surface area contributed by atoms with Gasteiger partial charge in [-0.25, -0.2) is 19.2 Å². The zero-order valence-corrected chi connectivity index (χ0v) is 40.7. The largest absolute Gasteiger partial charge is 0.508 e. The van der Waals surface area contributed by atoms with Crippen molar-refractivity contribution in [3.63, 3.8) is 0 Å². The summed E-state index contributed by atoms with van der Waals surface area (Å²) in [5.41, 5.74) is 7.06. The summed E-state index contributed by atoms with van der Waals surface area (Å²) in [7, 11) is 3.88. The first-order valence-corrected chi connectivity index (χ1v) is 21.3. The minimum absolute atomic E-state index is 0. The van der Waals surface area contributed by atoms with Crippen LogP contribution in [-0.4, -0.2) is 99.1 Å². The maximum absolute atomic E-state index is 11.9. The minimum Gasteiger partial charge on any atom is -0.508 e. The molecule has 0 unspecified atom stereocenters. The number of carbonyl (C=O) groups is 5. The van der Waals surface area contributed by atoms with Crippen LogP contribution >= 0.6 is 12.4 Å². The molecule has 3 aromatic carbocycles. The summed E-state index contributed by atoms with van der Waals surface area (Å²) in [6.07, 6.45) is 3.94. The quantitative estimate of drug-likeness (QED) is 0.0512. The van der Waals surface area contributed by atoms with Gasteiger partial charge in [-0.1, -0.05) is 63.1 Å². The fourth-order valence-corrected chi connectivity index (χ4v) is 5.28. The molecule has 0 fully saturated rings. The number of unbranched alkanes of at least 4 members (excludes halogenated alkanes) is 2. The topological polar surface area (TPSA) is 220 Å². The van der Waals surface area contributed by atoms with Crippen LogP contribution in [0.3, 0.4) is 0 Å². The molecule has 0 spiro atoms. The van der Waals surface area contributed by atoms with Gasteiger partial charge in [-0.2, -0.15) is 0 Å². The molecule has 0 aliphatic rings. The lowest BCUT2D eigenvalue weighted by atomic mass is 10.1. The molecule has 0 aliphatic heterocycles. The third kappa shape index (κ3) is 27.3. The van der Waals surface area contributed by atoms with E-state index in [0.717, 1.165) is 60.5 Å². The first kappa shape index (κ1) is 59.3. The molecule has 0 aromatic heterocycles. The van der Waals surface area contributed by atoms with Gasteiger partial charge >= 0.3 is 30.1 Å². The van der Waals surface area contributed by atoms with E-state index in [1.165, 1.54) is 33.5 Å². The smallest absolute Gasteiger partial charge is 0.408 e. The highest BCUT2D eigenvalue weighted by atomic mass is 35.5. The normalized spacial score (nSPS) is 12.0. The zero-order valence-electron chi connectivity index (χ0n) is 39.9. The van der Waals surface area contributed by atoms with Gasteiger partial charge in [0.1, 0.15) is 46.6 Å². The van der Waals surface area contributed by atoms with Crippen molar-refractivity contribution in [2.24, 2.45) is 5.73 Å². The molecule has 0 bridgehead atoms. The molecule has 3 aromatic rings. The number of ether oxygens (including phenoxy) is 7. The van der Waals surface area contributed by atoms with Gasteiger partial charge in [0.2, 0.25) is 0 Å². The number of hydrogen-bond acceptors (Lipinski definition) is 14. The first-order valence-electron chi connectivity index (χ1n) is 21.3. The van der Waals surface area contributed by atoms with Crippen molar-refractivity contribution < 1.29 is 62.2 Å².